The molecule has 2 unspecified atom stereocenters. The summed E-state index contributed by atoms with van der Waals surface area (Å²) in [7, 11) is 0. The third-order valence-corrected chi connectivity index (χ3v) is 5.24. The van der Waals surface area contributed by atoms with Gasteiger partial charge in [0.25, 0.3) is 0 Å². The fourth-order valence-corrected chi connectivity index (χ4v) is 4.15. The monoisotopic (exact) mass is 342 g/mol. The third kappa shape index (κ3) is 4.90. The summed E-state index contributed by atoms with van der Waals surface area (Å²) >= 11 is -3.06. The van der Waals surface area contributed by atoms with Gasteiger partial charge in [0.05, 0.1) is 0 Å². The Morgan fingerprint density at radius 1 is 1.37 bits per heavy atom. The Labute approximate surface area is 112 Å². The molecule has 0 bridgehead atoms. The predicted octanol–water partition coefficient (Wildman–Crippen LogP) is -1.47. The van der Waals surface area contributed by atoms with Crippen LogP contribution in [-0.4, -0.2) is 77.2 Å². The number of rotatable bonds is 6. The van der Waals surface area contributed by atoms with Crippen LogP contribution in [0.5, 0.6) is 0 Å². The second kappa shape index (κ2) is 6.39. The van der Waals surface area contributed by atoms with Gasteiger partial charge in [-0.05, 0) is 0 Å². The average molecular weight is 342 g/mol. The summed E-state index contributed by atoms with van der Waals surface area (Å²) in [5.41, 5.74) is 3.17. The minimum atomic E-state index is -3.06. The zero-order valence-electron chi connectivity index (χ0n) is 10.7. The Morgan fingerprint density at radius 2 is 1.95 bits per heavy atom. The number of carbonyl (C=O) groups is 1. The standard InChI is InChI=1S/C10H19AsO8/c1-11(2,17)3-6-7(13)8(14)10(19-6)18-4-5(12)9(15)16/h5-8,10,12-14H,3-4H2,1-2H3,(H,15,16)/t5-,6+,7?,8?,10+/m0/s1. The van der Waals surface area contributed by atoms with E-state index in [0.29, 0.717) is 0 Å². The average Bonchev–Trinajstić information content (AvgIpc) is 2.52. The fourth-order valence-electron chi connectivity index (χ4n) is 1.69. The molecular formula is C10H19AsO8. The molecule has 0 amide bonds. The van der Waals surface area contributed by atoms with Crippen molar-refractivity contribution in [3.05, 3.63) is 0 Å². The number of ether oxygens (including phenoxy) is 2. The zero-order valence-corrected chi connectivity index (χ0v) is 12.5. The number of hydrogen-bond acceptors (Lipinski definition) is 7. The number of carboxylic acids is 1. The molecule has 0 aromatic rings. The molecular weight excluding hydrogens is 323 g/mol. The molecule has 1 fully saturated rings. The van der Waals surface area contributed by atoms with Crippen LogP contribution in [0.15, 0.2) is 0 Å². The summed E-state index contributed by atoms with van der Waals surface area (Å²) in [5, 5.41) is 37.0. The molecule has 0 aromatic carbocycles. The summed E-state index contributed by atoms with van der Waals surface area (Å²) in [6.45, 7) is -0.572. The van der Waals surface area contributed by atoms with E-state index in [2.05, 4.69) is 0 Å². The molecule has 4 N–H and O–H groups in total. The van der Waals surface area contributed by atoms with Gasteiger partial charge in [-0.3, -0.25) is 0 Å². The van der Waals surface area contributed by atoms with E-state index in [4.69, 9.17) is 19.7 Å². The van der Waals surface area contributed by atoms with Crippen molar-refractivity contribution in [3.8, 4) is 0 Å². The van der Waals surface area contributed by atoms with Crippen molar-refractivity contribution in [2.45, 2.75) is 47.3 Å². The van der Waals surface area contributed by atoms with Crippen LogP contribution >= 0.6 is 0 Å². The van der Waals surface area contributed by atoms with Gasteiger partial charge < -0.3 is 0 Å². The zero-order chi connectivity index (χ0) is 14.8. The van der Waals surface area contributed by atoms with Gasteiger partial charge in [0, 0.05) is 0 Å². The van der Waals surface area contributed by atoms with Gasteiger partial charge in [0.1, 0.15) is 0 Å². The molecule has 1 saturated heterocycles. The second-order valence-electron chi connectivity index (χ2n) is 4.97. The van der Waals surface area contributed by atoms with Gasteiger partial charge in [0.15, 0.2) is 0 Å². The van der Waals surface area contributed by atoms with Crippen molar-refractivity contribution in [1.29, 1.82) is 0 Å². The first kappa shape index (κ1) is 16.7. The number of aliphatic hydroxyl groups excluding tert-OH is 3. The van der Waals surface area contributed by atoms with Crippen LogP contribution in [0, 0.1) is 0 Å². The number of carboxylic acid groups (broad SMARTS) is 1. The molecule has 0 saturated carbocycles. The molecule has 112 valence electrons. The minimum absolute atomic E-state index is 0.137. The van der Waals surface area contributed by atoms with Crippen LogP contribution in [-0.2, 0) is 18.0 Å². The van der Waals surface area contributed by atoms with Gasteiger partial charge in [-0.25, -0.2) is 0 Å². The summed E-state index contributed by atoms with van der Waals surface area (Å²) < 4.78 is 21.8. The van der Waals surface area contributed by atoms with Crippen LogP contribution in [0.2, 0.25) is 16.6 Å². The van der Waals surface area contributed by atoms with Crippen LogP contribution < -0.4 is 0 Å². The Bertz CT molecular complexity index is 367. The molecule has 9 heteroatoms. The molecule has 1 aliphatic heterocycles. The van der Waals surface area contributed by atoms with Crippen LogP contribution in [0.1, 0.15) is 0 Å². The quantitative estimate of drug-likeness (QED) is 0.430. The van der Waals surface area contributed by atoms with Gasteiger partial charge in [-0.15, -0.1) is 0 Å². The van der Waals surface area contributed by atoms with E-state index in [9.17, 15) is 18.7 Å². The molecule has 8 nitrogen and oxygen atoms in total. The first-order valence-electron chi connectivity index (χ1n) is 5.70. The van der Waals surface area contributed by atoms with Crippen molar-refractivity contribution >= 4 is 19.5 Å². The Hall–Kier alpha value is -0.372. The summed E-state index contributed by atoms with van der Waals surface area (Å²) in [6.07, 6.45) is -6.41. The molecule has 0 aromatic heterocycles. The van der Waals surface area contributed by atoms with E-state index in [1.165, 1.54) is 0 Å². The molecule has 19 heavy (non-hydrogen) atoms. The number of aliphatic hydroxyl groups is 3. The summed E-state index contributed by atoms with van der Waals surface area (Å²) in [6, 6.07) is 0. The van der Waals surface area contributed by atoms with Gasteiger partial charge in [-0.1, -0.05) is 0 Å². The Morgan fingerprint density at radius 3 is 2.42 bits per heavy atom. The van der Waals surface area contributed by atoms with Crippen LogP contribution in [0.3, 0.4) is 0 Å². The Balaban J connectivity index is 2.54. The normalized spacial score (nSPS) is 33.3. The van der Waals surface area contributed by atoms with E-state index in [1.54, 1.807) is 11.4 Å². The van der Waals surface area contributed by atoms with Crippen molar-refractivity contribution in [2.24, 2.45) is 0 Å². The van der Waals surface area contributed by atoms with E-state index >= 15 is 0 Å². The molecule has 0 radical (unpaired) electrons. The molecule has 1 heterocycles. The van der Waals surface area contributed by atoms with Gasteiger partial charge >= 0.3 is 112 Å². The summed E-state index contributed by atoms with van der Waals surface area (Å²) in [4.78, 5) is 10.4. The first-order chi connectivity index (χ1) is 8.61. The van der Waals surface area contributed by atoms with Crippen molar-refractivity contribution in [1.82, 2.24) is 0 Å². The van der Waals surface area contributed by atoms with Crippen LogP contribution in [0.25, 0.3) is 0 Å². The first-order valence-corrected chi connectivity index (χ1v) is 11.5. The van der Waals surface area contributed by atoms with E-state index in [0.717, 1.165) is 0 Å². The van der Waals surface area contributed by atoms with Gasteiger partial charge in [0.2, 0.25) is 0 Å². The second-order valence-corrected chi connectivity index (χ2v) is 12.3. The van der Waals surface area contributed by atoms with Crippen molar-refractivity contribution < 1.29 is 38.4 Å². The SMILES string of the molecule is C[As](C)(=O)C[C@H]1O[C@@H](OC[C@H](O)C(=O)O)C(O)C1O. The molecule has 0 spiro atoms. The van der Waals surface area contributed by atoms with Crippen LogP contribution in [0.4, 0.5) is 0 Å². The van der Waals surface area contributed by atoms with Gasteiger partial charge in [-0.2, -0.15) is 0 Å². The topological polar surface area (TPSA) is 134 Å². The molecule has 1 rings (SSSR count). The third-order valence-electron chi connectivity index (χ3n) is 2.64. The number of hydrogen-bond donors (Lipinski definition) is 4. The summed E-state index contributed by atoms with van der Waals surface area (Å²) in [5.74, 6) is -1.46. The fraction of sp³-hybridized carbons (Fsp3) is 0.900. The molecule has 1 aliphatic rings. The molecule has 5 atom stereocenters. The van der Waals surface area contributed by atoms with Crippen molar-refractivity contribution in [3.63, 3.8) is 0 Å². The number of aliphatic carboxylic acids is 1. The predicted molar refractivity (Wildman–Crippen MR) is 63.2 cm³/mol. The Kier molecular flexibility index (Phi) is 5.61. The maximum absolute atomic E-state index is 11.7. The van der Waals surface area contributed by atoms with Crippen molar-refractivity contribution in [2.75, 3.05) is 6.61 Å². The molecule has 0 aliphatic carbocycles. The van der Waals surface area contributed by atoms with E-state index in [1.807, 2.05) is 0 Å². The van der Waals surface area contributed by atoms with E-state index in [-0.39, 0.29) is 5.21 Å². The maximum atomic E-state index is 11.7. The van der Waals surface area contributed by atoms with E-state index < -0.39 is 56.8 Å².